The lowest BCUT2D eigenvalue weighted by molar-refractivity contribution is -0.934. The van der Waals surface area contributed by atoms with Gasteiger partial charge in [0.15, 0.2) is 0 Å². The van der Waals surface area contributed by atoms with Crippen molar-refractivity contribution in [3.8, 4) is 0 Å². The van der Waals surface area contributed by atoms with Gasteiger partial charge in [0.1, 0.15) is 11.8 Å². The van der Waals surface area contributed by atoms with E-state index in [9.17, 15) is 29.7 Å². The lowest BCUT2D eigenvalue weighted by Crippen LogP contribution is -2.58. The SMILES string of the molecule is CCCCCCCCCCCC/C=C/CCCCCCCCC[N+](CC(C)C(=O)[O-])(CC(C)C(=O)O)CC(C)C(=O)O. The van der Waals surface area contributed by atoms with E-state index in [-0.39, 0.29) is 24.1 Å². The first-order valence-corrected chi connectivity index (χ1v) is 17.2. The number of rotatable bonds is 30. The van der Waals surface area contributed by atoms with Crippen LogP contribution in [0.2, 0.25) is 0 Å². The third kappa shape index (κ3) is 21.8. The summed E-state index contributed by atoms with van der Waals surface area (Å²) >= 11 is 0. The Bertz CT molecular complexity index is 682. The van der Waals surface area contributed by atoms with Crippen molar-refractivity contribution in [2.24, 2.45) is 17.8 Å². The number of carbonyl (C=O) groups excluding carboxylic acids is 1. The highest BCUT2D eigenvalue weighted by Crippen LogP contribution is 2.22. The first-order valence-electron chi connectivity index (χ1n) is 17.2. The molecule has 0 rings (SSSR count). The largest absolute Gasteiger partial charge is 0.550 e. The summed E-state index contributed by atoms with van der Waals surface area (Å²) in [7, 11) is 0. The number of hydrogen-bond acceptors (Lipinski definition) is 4. The van der Waals surface area contributed by atoms with Crippen molar-refractivity contribution in [3.63, 3.8) is 0 Å². The smallest absolute Gasteiger partial charge is 0.311 e. The van der Waals surface area contributed by atoms with Gasteiger partial charge in [0.2, 0.25) is 0 Å². The van der Waals surface area contributed by atoms with E-state index < -0.39 is 35.7 Å². The quantitative estimate of drug-likeness (QED) is 0.0501. The molecule has 0 radical (unpaired) electrons. The normalized spacial score (nSPS) is 15.3. The van der Waals surface area contributed by atoms with Crippen LogP contribution in [0.1, 0.15) is 150 Å². The molecule has 0 aromatic carbocycles. The van der Waals surface area contributed by atoms with Gasteiger partial charge in [0.25, 0.3) is 0 Å². The lowest BCUT2D eigenvalue weighted by atomic mass is 10.0. The first kappa shape index (κ1) is 40.1. The van der Waals surface area contributed by atoms with Crippen LogP contribution in [-0.4, -0.2) is 58.8 Å². The third-order valence-electron chi connectivity index (χ3n) is 8.62. The molecule has 0 bridgehead atoms. The maximum Gasteiger partial charge on any atom is 0.311 e. The number of hydrogen-bond donors (Lipinski definition) is 2. The molecule has 0 aliphatic rings. The molecular weight excluding hydrogens is 530 g/mol. The van der Waals surface area contributed by atoms with E-state index in [0.29, 0.717) is 6.54 Å². The Morgan fingerprint density at radius 3 is 1.26 bits per heavy atom. The summed E-state index contributed by atoms with van der Waals surface area (Å²) in [6.45, 7) is 8.25. The monoisotopic (exact) mass is 595 g/mol. The summed E-state index contributed by atoms with van der Waals surface area (Å²) in [6.07, 6.45) is 28.5. The van der Waals surface area contributed by atoms with Gasteiger partial charge < -0.3 is 24.6 Å². The average Bonchev–Trinajstić information content (AvgIpc) is 2.93. The van der Waals surface area contributed by atoms with E-state index in [1.54, 1.807) is 20.8 Å². The van der Waals surface area contributed by atoms with Crippen molar-refractivity contribution >= 4 is 17.9 Å². The highest BCUT2D eigenvalue weighted by molar-refractivity contribution is 5.70. The number of carboxylic acid groups (broad SMARTS) is 3. The zero-order chi connectivity index (χ0) is 31.6. The van der Waals surface area contributed by atoms with Crippen LogP contribution < -0.4 is 5.11 Å². The Hall–Kier alpha value is -1.89. The van der Waals surface area contributed by atoms with Gasteiger partial charge >= 0.3 is 11.9 Å². The fraction of sp³-hybridized carbons (Fsp3) is 0.857. The maximum absolute atomic E-state index is 11.6. The molecule has 246 valence electrons. The van der Waals surface area contributed by atoms with Gasteiger partial charge in [0, 0.05) is 11.9 Å². The Morgan fingerprint density at radius 1 is 0.571 bits per heavy atom. The van der Waals surface area contributed by atoms with E-state index >= 15 is 0 Å². The predicted octanol–water partition coefficient (Wildman–Crippen LogP) is 7.62. The van der Waals surface area contributed by atoms with Crippen LogP contribution in [0, 0.1) is 17.8 Å². The fourth-order valence-electron chi connectivity index (χ4n) is 6.05. The number of aliphatic carboxylic acids is 3. The Labute approximate surface area is 257 Å². The topological polar surface area (TPSA) is 115 Å². The second-order valence-electron chi connectivity index (χ2n) is 13.0. The van der Waals surface area contributed by atoms with Crippen LogP contribution in [0.3, 0.4) is 0 Å². The summed E-state index contributed by atoms with van der Waals surface area (Å²) in [4.78, 5) is 34.8. The number of allylic oxidation sites excluding steroid dienone is 2. The van der Waals surface area contributed by atoms with Gasteiger partial charge in [0.05, 0.1) is 26.2 Å². The van der Waals surface area contributed by atoms with E-state index in [1.807, 2.05) is 0 Å². The predicted molar refractivity (Wildman–Crippen MR) is 170 cm³/mol. The van der Waals surface area contributed by atoms with Crippen molar-refractivity contribution in [2.75, 3.05) is 26.2 Å². The second kappa shape index (κ2) is 25.6. The van der Waals surface area contributed by atoms with Crippen LogP contribution in [0.5, 0.6) is 0 Å². The number of carboxylic acids is 3. The zero-order valence-electron chi connectivity index (χ0n) is 27.6. The lowest BCUT2D eigenvalue weighted by Gasteiger charge is -2.43. The van der Waals surface area contributed by atoms with Gasteiger partial charge in [-0.3, -0.25) is 9.59 Å². The first-order chi connectivity index (χ1) is 20.0. The van der Waals surface area contributed by atoms with Gasteiger partial charge in [-0.05, 0) is 52.4 Å². The number of unbranched alkanes of at least 4 members (excludes halogenated alkanes) is 17. The van der Waals surface area contributed by atoms with Crippen LogP contribution in [0.25, 0.3) is 0 Å². The summed E-state index contributed by atoms with van der Waals surface area (Å²) in [5.41, 5.74) is 0. The van der Waals surface area contributed by atoms with E-state index in [1.165, 1.54) is 89.9 Å². The van der Waals surface area contributed by atoms with Crippen molar-refractivity contribution in [1.82, 2.24) is 0 Å². The Morgan fingerprint density at radius 2 is 0.905 bits per heavy atom. The van der Waals surface area contributed by atoms with Crippen LogP contribution in [0.4, 0.5) is 0 Å². The number of quaternary nitrogens is 1. The molecule has 2 N–H and O–H groups in total. The van der Waals surface area contributed by atoms with Gasteiger partial charge in [-0.25, -0.2) is 0 Å². The zero-order valence-corrected chi connectivity index (χ0v) is 27.6. The van der Waals surface area contributed by atoms with Crippen LogP contribution in [0.15, 0.2) is 12.2 Å². The molecule has 0 aliphatic heterocycles. The highest BCUT2D eigenvalue weighted by Gasteiger charge is 2.36. The Kier molecular flexibility index (Phi) is 24.4. The van der Waals surface area contributed by atoms with Crippen molar-refractivity contribution in [2.45, 2.75) is 150 Å². The molecule has 0 spiro atoms. The van der Waals surface area contributed by atoms with E-state index in [4.69, 9.17) is 0 Å². The molecule has 3 unspecified atom stereocenters. The Balaban J connectivity index is 4.22. The van der Waals surface area contributed by atoms with Gasteiger partial charge in [-0.15, -0.1) is 0 Å². The molecule has 7 nitrogen and oxygen atoms in total. The van der Waals surface area contributed by atoms with Crippen molar-refractivity contribution < 1.29 is 34.2 Å². The van der Waals surface area contributed by atoms with Gasteiger partial charge in [-0.1, -0.05) is 109 Å². The van der Waals surface area contributed by atoms with Crippen LogP contribution in [-0.2, 0) is 14.4 Å². The fourth-order valence-corrected chi connectivity index (χ4v) is 6.05. The summed E-state index contributed by atoms with van der Waals surface area (Å²) in [5.74, 6) is -5.24. The number of carbonyl (C=O) groups is 3. The van der Waals surface area contributed by atoms with Crippen molar-refractivity contribution in [3.05, 3.63) is 12.2 Å². The van der Waals surface area contributed by atoms with Gasteiger partial charge in [-0.2, -0.15) is 0 Å². The second-order valence-corrected chi connectivity index (χ2v) is 13.0. The molecule has 7 heteroatoms. The summed E-state index contributed by atoms with van der Waals surface area (Å²) in [6, 6.07) is 0. The molecule has 0 aromatic heterocycles. The number of nitrogens with zero attached hydrogens (tertiary/aromatic N) is 1. The summed E-state index contributed by atoms with van der Waals surface area (Å²) < 4.78 is 0.182. The standard InChI is InChI=1S/C35H65NO6/c1-5-6-7-8-9-10-11-12-13-14-15-16-17-18-19-20-21-22-23-24-25-26-36(27-30(2)33(37)38,28-31(3)34(39)40)29-32(4)35(41)42/h16-17,30-32H,5-15,18-29H2,1-4H3,(H2-,37,38,39,40,41,42)/b17-16+. The molecule has 0 saturated heterocycles. The molecule has 0 amide bonds. The molecule has 3 atom stereocenters. The average molecular weight is 596 g/mol. The minimum Gasteiger partial charge on any atom is -0.550 e. The molecule has 0 aromatic rings. The van der Waals surface area contributed by atoms with Crippen LogP contribution >= 0.6 is 0 Å². The highest BCUT2D eigenvalue weighted by atomic mass is 16.4. The molecule has 0 fully saturated rings. The minimum absolute atomic E-state index is 0.182. The molecule has 0 saturated carbocycles. The summed E-state index contributed by atoms with van der Waals surface area (Å²) in [5, 5.41) is 30.6. The molecule has 0 aliphatic carbocycles. The third-order valence-corrected chi connectivity index (χ3v) is 8.62. The molecule has 42 heavy (non-hydrogen) atoms. The van der Waals surface area contributed by atoms with E-state index in [0.717, 1.165) is 32.1 Å². The van der Waals surface area contributed by atoms with Crippen molar-refractivity contribution in [1.29, 1.82) is 0 Å². The molecular formula is C35H65NO6. The minimum atomic E-state index is -1.18. The molecule has 0 heterocycles. The maximum atomic E-state index is 11.6. The van der Waals surface area contributed by atoms with E-state index in [2.05, 4.69) is 19.1 Å².